The van der Waals surface area contributed by atoms with E-state index in [-0.39, 0.29) is 12.5 Å². The molecule has 1 aliphatic heterocycles. The van der Waals surface area contributed by atoms with E-state index in [1.807, 2.05) is 24.4 Å². The summed E-state index contributed by atoms with van der Waals surface area (Å²) in [6.07, 6.45) is 1.82. The van der Waals surface area contributed by atoms with Crippen LogP contribution in [0.3, 0.4) is 0 Å². The summed E-state index contributed by atoms with van der Waals surface area (Å²) in [5.41, 5.74) is 4.73. The molecule has 172 valence electrons. The van der Waals surface area contributed by atoms with Gasteiger partial charge in [0.05, 0.1) is 19.7 Å². The minimum atomic E-state index is -2.62. The lowest BCUT2D eigenvalue weighted by Crippen LogP contribution is -2.53. The number of ether oxygens (including phenoxy) is 2. The van der Waals surface area contributed by atoms with Crippen molar-refractivity contribution in [3.63, 3.8) is 0 Å². The minimum absolute atomic E-state index is 0.225. The molecule has 1 aliphatic rings. The number of carbonyl (C=O) groups is 1. The summed E-state index contributed by atoms with van der Waals surface area (Å²) in [4.78, 5) is 19.8. The summed E-state index contributed by atoms with van der Waals surface area (Å²) in [5, 5.41) is 7.92. The number of hydrogen-bond donors (Lipinski definition) is 4. The topological polar surface area (TPSA) is 133 Å². The highest BCUT2D eigenvalue weighted by atomic mass is 32.2. The lowest BCUT2D eigenvalue weighted by atomic mass is 10.1. The van der Waals surface area contributed by atoms with Crippen molar-refractivity contribution in [1.29, 1.82) is 0 Å². The maximum Gasteiger partial charge on any atom is 0.290 e. The first-order valence-corrected chi connectivity index (χ1v) is 10.8. The third-order valence-corrected chi connectivity index (χ3v) is 5.41. The Morgan fingerprint density at radius 1 is 1.19 bits per heavy atom. The number of aromatic nitrogens is 1. The quantitative estimate of drug-likeness (QED) is 0.246. The number of nitrogens with zero attached hydrogens (tertiary/aromatic N) is 3. The van der Waals surface area contributed by atoms with Gasteiger partial charge in [0, 0.05) is 62.1 Å². The Balaban J connectivity index is 0.00000107. The van der Waals surface area contributed by atoms with Crippen LogP contribution in [0.4, 0.5) is 5.69 Å². The largest absolute Gasteiger partial charge is 0.493 e. The van der Waals surface area contributed by atoms with Crippen LogP contribution in [0.25, 0.3) is 10.9 Å². The van der Waals surface area contributed by atoms with E-state index in [2.05, 4.69) is 32.0 Å². The highest BCUT2D eigenvalue weighted by Crippen LogP contribution is 2.35. The second kappa shape index (κ2) is 12.2. The van der Waals surface area contributed by atoms with Crippen LogP contribution >= 0.6 is 0 Å². The van der Waals surface area contributed by atoms with Gasteiger partial charge in [0.25, 0.3) is 6.47 Å². The van der Waals surface area contributed by atoms with Crippen LogP contribution in [-0.2, 0) is 15.7 Å². The fourth-order valence-corrected chi connectivity index (χ4v) is 3.74. The van der Waals surface area contributed by atoms with Gasteiger partial charge in [0.2, 0.25) is 10.9 Å². The van der Waals surface area contributed by atoms with Gasteiger partial charge in [-0.25, -0.2) is 13.8 Å². The van der Waals surface area contributed by atoms with Gasteiger partial charge in [-0.15, -0.1) is 0 Å². The van der Waals surface area contributed by atoms with E-state index in [0.29, 0.717) is 18.0 Å². The third kappa shape index (κ3) is 6.66. The van der Waals surface area contributed by atoms with E-state index in [0.717, 1.165) is 42.8 Å². The molecule has 0 saturated carbocycles. The number of hydrazine groups is 1. The van der Waals surface area contributed by atoms with Gasteiger partial charge in [-0.05, 0) is 19.1 Å². The van der Waals surface area contributed by atoms with Crippen LogP contribution in [-0.4, -0.2) is 82.9 Å². The lowest BCUT2D eigenvalue weighted by Gasteiger charge is -2.39. The van der Waals surface area contributed by atoms with Gasteiger partial charge in [-0.3, -0.25) is 14.7 Å². The molecule has 3 rings (SSSR count). The maximum atomic E-state index is 10.6. The van der Waals surface area contributed by atoms with Crippen molar-refractivity contribution in [2.45, 2.75) is 13.0 Å². The van der Waals surface area contributed by atoms with Crippen LogP contribution in [0, 0.1) is 0 Å². The average molecular weight is 456 g/mol. The van der Waals surface area contributed by atoms with Crippen molar-refractivity contribution >= 4 is 34.0 Å². The number of hydrogen-bond acceptors (Lipinski definition) is 9. The predicted octanol–water partition coefficient (Wildman–Crippen LogP) is 0.0839. The van der Waals surface area contributed by atoms with E-state index < -0.39 is 10.9 Å². The normalized spacial score (nSPS) is 15.3. The van der Waals surface area contributed by atoms with E-state index in [9.17, 15) is 8.42 Å². The predicted molar refractivity (Wildman–Crippen MR) is 118 cm³/mol. The number of anilines is 1. The molecule has 1 unspecified atom stereocenters. The highest BCUT2D eigenvalue weighted by Gasteiger charge is 2.22. The second-order valence-corrected chi connectivity index (χ2v) is 7.52. The summed E-state index contributed by atoms with van der Waals surface area (Å²) in [6, 6.07) is 6.13. The number of benzene rings is 1. The monoisotopic (exact) mass is 455 g/mol. The van der Waals surface area contributed by atoms with Crippen molar-refractivity contribution in [3.05, 3.63) is 24.4 Å². The molecular weight excluding hydrogens is 426 g/mol. The molecule has 0 radical (unpaired) electrons. The molecule has 3 N–H and O–H groups in total. The summed E-state index contributed by atoms with van der Waals surface area (Å²) >= 11 is 0. The zero-order valence-corrected chi connectivity index (χ0v) is 18.7. The summed E-state index contributed by atoms with van der Waals surface area (Å²) < 4.78 is 32.0. The summed E-state index contributed by atoms with van der Waals surface area (Å²) in [7, 11) is 0.625. The summed E-state index contributed by atoms with van der Waals surface area (Å²) in [5.74, 6) is 1.35. The average Bonchev–Trinajstić information content (AvgIpc) is 2.78. The van der Waals surface area contributed by atoms with Gasteiger partial charge in [0.15, 0.2) is 11.5 Å². The Bertz CT molecular complexity index is 925. The van der Waals surface area contributed by atoms with E-state index in [1.165, 1.54) is 0 Å². The first kappa shape index (κ1) is 24.6. The number of carboxylic acid groups (broad SMARTS) is 1. The van der Waals surface area contributed by atoms with Crippen LogP contribution < -0.4 is 24.6 Å². The molecule has 0 aliphatic carbocycles. The lowest BCUT2D eigenvalue weighted by molar-refractivity contribution is -0.122. The molecule has 2 heterocycles. The standard InChI is InChI=1S/C18H27N5O4S.CH2O2/c1-13(12-20-21-28(24)25)22-6-8-23(9-7-22)16-4-5-19-15-11-18(27-3)17(26-2)10-14(15)16;2-1-3/h4-5,10-11,13,20,28H,6-9,12H2,1-3H3,(H,21,24,25);1H,(H,2,3). The number of nitrogens with one attached hydrogen (secondary N) is 2. The molecule has 1 aromatic carbocycles. The van der Waals surface area contributed by atoms with Gasteiger partial charge < -0.3 is 19.5 Å². The SMILES string of the molecule is COc1cc2nccc(N3CCN(C(C)CNN[SH](=O)=O)CC3)c2cc1OC.O=CO. The van der Waals surface area contributed by atoms with E-state index >= 15 is 0 Å². The molecule has 1 aromatic heterocycles. The Morgan fingerprint density at radius 2 is 1.81 bits per heavy atom. The number of pyridine rings is 1. The van der Waals surface area contributed by atoms with Crippen LogP contribution in [0.5, 0.6) is 11.5 Å². The van der Waals surface area contributed by atoms with Gasteiger partial charge in [-0.1, -0.05) is 0 Å². The minimum Gasteiger partial charge on any atom is -0.493 e. The van der Waals surface area contributed by atoms with Crippen molar-refractivity contribution in [1.82, 2.24) is 20.1 Å². The van der Waals surface area contributed by atoms with Crippen LogP contribution in [0.2, 0.25) is 0 Å². The van der Waals surface area contributed by atoms with Crippen LogP contribution in [0.1, 0.15) is 6.92 Å². The zero-order chi connectivity index (χ0) is 22.8. The molecule has 0 bridgehead atoms. The van der Waals surface area contributed by atoms with Gasteiger partial charge >= 0.3 is 0 Å². The number of methoxy groups -OCH3 is 2. The number of piperazine rings is 1. The molecule has 31 heavy (non-hydrogen) atoms. The van der Waals surface area contributed by atoms with E-state index in [4.69, 9.17) is 19.4 Å². The molecule has 0 amide bonds. The molecule has 1 saturated heterocycles. The maximum absolute atomic E-state index is 10.6. The highest BCUT2D eigenvalue weighted by molar-refractivity contribution is 7.70. The van der Waals surface area contributed by atoms with Crippen molar-refractivity contribution < 1.29 is 27.8 Å². The molecular formula is C19H29N5O6S. The molecule has 2 aromatic rings. The number of thiol groups is 1. The molecule has 1 atom stereocenters. The summed E-state index contributed by atoms with van der Waals surface area (Å²) in [6.45, 7) is 5.93. The molecule has 1 fully saturated rings. The van der Waals surface area contributed by atoms with Gasteiger partial charge in [0.1, 0.15) is 0 Å². The second-order valence-electron chi connectivity index (χ2n) is 6.78. The fraction of sp³-hybridized carbons (Fsp3) is 0.474. The number of fused-ring (bicyclic) bond motifs is 1. The van der Waals surface area contributed by atoms with Crippen molar-refractivity contribution in [2.75, 3.05) is 51.8 Å². The Hall–Kier alpha value is -2.67. The number of rotatable bonds is 8. The Morgan fingerprint density at radius 3 is 2.39 bits per heavy atom. The fourth-order valence-electron chi connectivity index (χ4n) is 3.52. The van der Waals surface area contributed by atoms with Crippen LogP contribution in [0.15, 0.2) is 24.4 Å². The van der Waals surface area contributed by atoms with Crippen molar-refractivity contribution in [3.8, 4) is 11.5 Å². The molecule has 12 heteroatoms. The zero-order valence-electron chi connectivity index (χ0n) is 17.8. The third-order valence-electron chi connectivity index (χ3n) is 5.07. The first-order valence-electron chi connectivity index (χ1n) is 9.65. The van der Waals surface area contributed by atoms with Gasteiger partial charge in [-0.2, -0.15) is 4.83 Å². The molecule has 11 nitrogen and oxygen atoms in total. The smallest absolute Gasteiger partial charge is 0.290 e. The first-order chi connectivity index (χ1) is 14.9. The van der Waals surface area contributed by atoms with E-state index in [1.54, 1.807) is 14.2 Å². The Labute approximate surface area is 183 Å². The Kier molecular flexibility index (Phi) is 9.72. The van der Waals surface area contributed by atoms with Crippen molar-refractivity contribution in [2.24, 2.45) is 0 Å². The molecule has 0 spiro atoms.